The fourth-order valence-electron chi connectivity index (χ4n) is 4.02. The third-order valence-corrected chi connectivity index (χ3v) is 4.64. The van der Waals surface area contributed by atoms with Crippen molar-refractivity contribution in [3.05, 3.63) is 0 Å². The Morgan fingerprint density at radius 2 is 1.29 bits per heavy atom. The molecule has 0 spiro atoms. The fourth-order valence-corrected chi connectivity index (χ4v) is 4.02. The molecular formula is C16H32O. The number of hydrogen-bond donors (Lipinski definition) is 0. The van der Waals surface area contributed by atoms with Gasteiger partial charge in [0.25, 0.3) is 0 Å². The fraction of sp³-hybridized carbons (Fsp3) is 1.00. The van der Waals surface area contributed by atoms with Crippen molar-refractivity contribution in [2.75, 3.05) is 13.7 Å². The van der Waals surface area contributed by atoms with Crippen LogP contribution in [0.2, 0.25) is 0 Å². The Hall–Kier alpha value is -0.0400. The number of methoxy groups -OCH3 is 1. The molecule has 4 atom stereocenters. The zero-order valence-corrected chi connectivity index (χ0v) is 12.4. The molecule has 3 aliphatic rings. The molecule has 0 aromatic carbocycles. The summed E-state index contributed by atoms with van der Waals surface area (Å²) >= 11 is 0. The molecule has 3 fully saturated rings. The third-order valence-electron chi connectivity index (χ3n) is 4.64. The summed E-state index contributed by atoms with van der Waals surface area (Å²) in [6, 6.07) is 0. The molecule has 3 saturated carbocycles. The Balaban J connectivity index is 0.000000177. The number of hydrogen-bond acceptors (Lipinski definition) is 1. The van der Waals surface area contributed by atoms with Crippen molar-refractivity contribution in [2.45, 2.75) is 65.7 Å². The Morgan fingerprint density at radius 3 is 1.65 bits per heavy atom. The van der Waals surface area contributed by atoms with E-state index in [2.05, 4.69) is 18.6 Å². The van der Waals surface area contributed by atoms with Gasteiger partial charge in [-0.3, -0.25) is 0 Å². The van der Waals surface area contributed by atoms with Crippen LogP contribution in [0.3, 0.4) is 0 Å². The highest BCUT2D eigenvalue weighted by Crippen LogP contribution is 2.58. The normalized spacial score (nSPS) is 36.7. The van der Waals surface area contributed by atoms with Crippen molar-refractivity contribution in [2.24, 2.45) is 23.7 Å². The van der Waals surface area contributed by atoms with E-state index in [9.17, 15) is 0 Å². The monoisotopic (exact) mass is 240 g/mol. The first-order valence-electron chi connectivity index (χ1n) is 7.77. The molecule has 3 rings (SSSR count). The van der Waals surface area contributed by atoms with Crippen molar-refractivity contribution < 1.29 is 4.74 Å². The van der Waals surface area contributed by atoms with Crippen molar-refractivity contribution in [3.8, 4) is 0 Å². The van der Waals surface area contributed by atoms with E-state index < -0.39 is 0 Å². The SMILES string of the molecule is C1CC2C3CCC(C3)C2C1.CCC.CCOC. The van der Waals surface area contributed by atoms with Gasteiger partial charge in [-0.15, -0.1) is 0 Å². The molecule has 0 N–H and O–H groups in total. The Bertz CT molecular complexity index is 172. The van der Waals surface area contributed by atoms with Crippen LogP contribution in [0.15, 0.2) is 0 Å². The van der Waals surface area contributed by atoms with Gasteiger partial charge in [-0.1, -0.05) is 26.7 Å². The summed E-state index contributed by atoms with van der Waals surface area (Å²) in [6.45, 7) is 7.03. The van der Waals surface area contributed by atoms with Crippen LogP contribution in [-0.2, 0) is 4.74 Å². The summed E-state index contributed by atoms with van der Waals surface area (Å²) in [5.74, 6) is 4.80. The van der Waals surface area contributed by atoms with Gasteiger partial charge in [0, 0.05) is 13.7 Å². The highest BCUT2D eigenvalue weighted by atomic mass is 16.5. The van der Waals surface area contributed by atoms with Crippen LogP contribution < -0.4 is 0 Å². The molecule has 1 nitrogen and oxygen atoms in total. The van der Waals surface area contributed by atoms with Crippen molar-refractivity contribution in [3.63, 3.8) is 0 Å². The predicted octanol–water partition coefficient (Wildman–Crippen LogP) is 4.90. The average molecular weight is 240 g/mol. The summed E-state index contributed by atoms with van der Waals surface area (Å²) in [7, 11) is 1.68. The van der Waals surface area contributed by atoms with Gasteiger partial charge in [0.1, 0.15) is 0 Å². The maximum atomic E-state index is 4.54. The van der Waals surface area contributed by atoms with Crippen LogP contribution >= 0.6 is 0 Å². The lowest BCUT2D eigenvalue weighted by Gasteiger charge is -2.23. The molecule has 3 aliphatic carbocycles. The van der Waals surface area contributed by atoms with Crippen LogP contribution in [0.25, 0.3) is 0 Å². The maximum Gasteiger partial charge on any atom is 0.0433 e. The number of fused-ring (bicyclic) bond motifs is 5. The minimum Gasteiger partial charge on any atom is -0.385 e. The molecule has 0 aromatic rings. The molecule has 4 unspecified atom stereocenters. The first-order valence-corrected chi connectivity index (χ1v) is 7.77. The molecule has 0 saturated heterocycles. The topological polar surface area (TPSA) is 9.23 Å². The molecule has 0 heterocycles. The molecule has 0 aliphatic heterocycles. The van der Waals surface area contributed by atoms with E-state index in [0.29, 0.717) is 0 Å². The average Bonchev–Trinajstić information content (AvgIpc) is 3.03. The highest BCUT2D eigenvalue weighted by Gasteiger charge is 2.48. The van der Waals surface area contributed by atoms with Gasteiger partial charge in [0.05, 0.1) is 0 Å². The summed E-state index contributed by atoms with van der Waals surface area (Å²) in [5.41, 5.74) is 0. The van der Waals surface area contributed by atoms with Crippen LogP contribution in [0.4, 0.5) is 0 Å². The molecule has 0 amide bonds. The van der Waals surface area contributed by atoms with E-state index in [1.807, 2.05) is 6.92 Å². The standard InChI is InChI=1S/C10H16.C3H8O.C3H8/c1-2-9-7-4-5-8(6-7)10(9)3-1;1-3-4-2;1-3-2/h7-10H,1-6H2;3H2,1-2H3;3H2,1-2H3. The molecule has 0 radical (unpaired) electrons. The van der Waals surface area contributed by atoms with Crippen molar-refractivity contribution in [1.82, 2.24) is 0 Å². The van der Waals surface area contributed by atoms with Gasteiger partial charge in [-0.05, 0) is 62.7 Å². The van der Waals surface area contributed by atoms with E-state index in [-0.39, 0.29) is 0 Å². The number of ether oxygens (including phenoxy) is 1. The number of rotatable bonds is 1. The van der Waals surface area contributed by atoms with Crippen LogP contribution in [0.1, 0.15) is 65.7 Å². The zero-order chi connectivity index (χ0) is 12.7. The minimum atomic E-state index is 0.819. The van der Waals surface area contributed by atoms with Crippen LogP contribution in [0.5, 0.6) is 0 Å². The van der Waals surface area contributed by atoms with E-state index in [4.69, 9.17) is 0 Å². The van der Waals surface area contributed by atoms with Gasteiger partial charge in [-0.2, -0.15) is 0 Å². The quantitative estimate of drug-likeness (QED) is 0.633. The summed E-state index contributed by atoms with van der Waals surface area (Å²) < 4.78 is 4.54. The smallest absolute Gasteiger partial charge is 0.0433 e. The molecule has 102 valence electrons. The molecule has 2 bridgehead atoms. The van der Waals surface area contributed by atoms with Crippen molar-refractivity contribution in [1.29, 1.82) is 0 Å². The Labute approximate surface area is 108 Å². The van der Waals surface area contributed by atoms with Crippen molar-refractivity contribution >= 4 is 0 Å². The van der Waals surface area contributed by atoms with Crippen LogP contribution in [-0.4, -0.2) is 13.7 Å². The summed E-state index contributed by atoms with van der Waals surface area (Å²) in [6.07, 6.45) is 10.8. The predicted molar refractivity (Wildman–Crippen MR) is 75.2 cm³/mol. The Morgan fingerprint density at radius 1 is 0.882 bits per heavy atom. The molecule has 17 heavy (non-hydrogen) atoms. The first kappa shape index (κ1) is 15.0. The van der Waals surface area contributed by atoms with Gasteiger partial charge < -0.3 is 4.74 Å². The summed E-state index contributed by atoms with van der Waals surface area (Å²) in [5, 5.41) is 0. The van der Waals surface area contributed by atoms with Gasteiger partial charge >= 0.3 is 0 Å². The van der Waals surface area contributed by atoms with E-state index in [1.165, 1.54) is 30.1 Å². The lowest BCUT2D eigenvalue weighted by Crippen LogP contribution is -2.15. The third kappa shape index (κ3) is 3.98. The lowest BCUT2D eigenvalue weighted by molar-refractivity contribution is 0.215. The molecular weight excluding hydrogens is 208 g/mol. The van der Waals surface area contributed by atoms with Crippen LogP contribution in [0, 0.1) is 23.7 Å². The first-order chi connectivity index (χ1) is 8.28. The molecule has 1 heteroatoms. The second kappa shape index (κ2) is 8.13. The highest BCUT2D eigenvalue weighted by molar-refractivity contribution is 4.98. The van der Waals surface area contributed by atoms with Gasteiger partial charge in [0.15, 0.2) is 0 Å². The Kier molecular flexibility index (Phi) is 7.18. The van der Waals surface area contributed by atoms with Gasteiger partial charge in [-0.25, -0.2) is 0 Å². The zero-order valence-electron chi connectivity index (χ0n) is 12.4. The van der Waals surface area contributed by atoms with Gasteiger partial charge in [0.2, 0.25) is 0 Å². The van der Waals surface area contributed by atoms with E-state index in [1.54, 1.807) is 45.6 Å². The second-order valence-electron chi connectivity index (χ2n) is 5.88. The maximum absolute atomic E-state index is 4.54. The second-order valence-corrected chi connectivity index (χ2v) is 5.88. The van der Waals surface area contributed by atoms with E-state index in [0.717, 1.165) is 6.61 Å². The lowest BCUT2D eigenvalue weighted by atomic mass is 9.82. The minimum absolute atomic E-state index is 0.819. The largest absolute Gasteiger partial charge is 0.385 e. The van der Waals surface area contributed by atoms with E-state index >= 15 is 0 Å². The molecule has 0 aromatic heterocycles. The summed E-state index contributed by atoms with van der Waals surface area (Å²) in [4.78, 5) is 0.